The van der Waals surface area contributed by atoms with Crippen LogP contribution in [0, 0.1) is 11.3 Å². The van der Waals surface area contributed by atoms with Gasteiger partial charge in [-0.2, -0.15) is 5.26 Å². The lowest BCUT2D eigenvalue weighted by atomic mass is 10.2. The molecule has 2 rings (SSSR count). The van der Waals surface area contributed by atoms with Crippen molar-refractivity contribution in [3.63, 3.8) is 0 Å². The van der Waals surface area contributed by atoms with E-state index in [1.165, 1.54) is 12.1 Å². The van der Waals surface area contributed by atoms with Crippen molar-refractivity contribution in [2.24, 2.45) is 5.14 Å². The molecule has 2 aromatic rings. The Morgan fingerprint density at radius 3 is 2.25 bits per heavy atom. The highest BCUT2D eigenvalue weighted by Crippen LogP contribution is 2.23. The number of rotatable bonds is 3. The molecule has 0 saturated carbocycles. The third-order valence-corrected chi connectivity index (χ3v) is 3.45. The van der Waals surface area contributed by atoms with E-state index in [1.807, 2.05) is 6.07 Å². The van der Waals surface area contributed by atoms with E-state index >= 15 is 0 Å². The number of benzene rings is 2. The second kappa shape index (κ2) is 5.21. The van der Waals surface area contributed by atoms with Gasteiger partial charge >= 0.3 is 0 Å². The van der Waals surface area contributed by atoms with Gasteiger partial charge in [0.2, 0.25) is 10.0 Å². The second-order valence-corrected chi connectivity index (χ2v) is 5.71. The van der Waals surface area contributed by atoms with Crippen LogP contribution in [0.3, 0.4) is 0 Å². The lowest BCUT2D eigenvalue weighted by Crippen LogP contribution is -2.12. The van der Waals surface area contributed by atoms with E-state index in [0.717, 1.165) is 0 Å². The van der Waals surface area contributed by atoms with E-state index in [0.29, 0.717) is 16.9 Å². The monoisotopic (exact) mass is 288 g/mol. The summed E-state index contributed by atoms with van der Waals surface area (Å²) in [5.74, 6) is 0. The van der Waals surface area contributed by atoms with Crippen LogP contribution >= 0.6 is 0 Å². The number of sulfonamides is 1. The van der Waals surface area contributed by atoms with Gasteiger partial charge in [-0.1, -0.05) is 0 Å². The summed E-state index contributed by atoms with van der Waals surface area (Å²) >= 11 is 0. The maximum Gasteiger partial charge on any atom is 0.238 e. The van der Waals surface area contributed by atoms with Crippen LogP contribution in [-0.2, 0) is 10.0 Å². The molecule has 0 aliphatic heterocycles. The van der Waals surface area contributed by atoms with Crippen molar-refractivity contribution in [1.29, 1.82) is 5.26 Å². The van der Waals surface area contributed by atoms with E-state index in [1.54, 1.807) is 30.3 Å². The molecule has 7 heteroatoms. The number of nitrogens with one attached hydrogen (secondary N) is 1. The number of primary sulfonamides is 1. The fourth-order valence-electron chi connectivity index (χ4n) is 1.65. The molecular formula is C13H12N4O2S. The first kappa shape index (κ1) is 13.9. The van der Waals surface area contributed by atoms with E-state index in [-0.39, 0.29) is 10.6 Å². The first-order chi connectivity index (χ1) is 9.38. The van der Waals surface area contributed by atoms with Crippen LogP contribution in [0.25, 0.3) is 0 Å². The van der Waals surface area contributed by atoms with Crippen molar-refractivity contribution < 1.29 is 8.42 Å². The summed E-state index contributed by atoms with van der Waals surface area (Å²) in [6.07, 6.45) is 0. The summed E-state index contributed by atoms with van der Waals surface area (Å²) in [7, 11) is -3.81. The van der Waals surface area contributed by atoms with Crippen LogP contribution in [0.5, 0.6) is 0 Å². The van der Waals surface area contributed by atoms with Gasteiger partial charge in [-0.25, -0.2) is 13.6 Å². The SMILES string of the molecule is N#Cc1ccc(Nc2cc(N)cc(S(N)(=O)=O)c2)cc1. The minimum absolute atomic E-state index is 0.0614. The molecule has 0 amide bonds. The van der Waals surface area contributed by atoms with Gasteiger partial charge in [0.05, 0.1) is 16.5 Å². The zero-order chi connectivity index (χ0) is 14.8. The van der Waals surface area contributed by atoms with Gasteiger partial charge in [0.25, 0.3) is 0 Å². The summed E-state index contributed by atoms with van der Waals surface area (Å²) in [6, 6.07) is 13.0. The average Bonchev–Trinajstić information content (AvgIpc) is 2.38. The molecule has 0 aliphatic carbocycles. The number of hydrogen-bond acceptors (Lipinski definition) is 5. The molecule has 6 nitrogen and oxygen atoms in total. The lowest BCUT2D eigenvalue weighted by Gasteiger charge is -2.09. The molecule has 0 aliphatic rings. The van der Waals surface area contributed by atoms with Crippen molar-refractivity contribution in [3.05, 3.63) is 48.0 Å². The number of nitrogens with zero attached hydrogens (tertiary/aromatic N) is 1. The molecule has 0 spiro atoms. The molecule has 0 heterocycles. The molecule has 20 heavy (non-hydrogen) atoms. The van der Waals surface area contributed by atoms with Crippen LogP contribution in [0.15, 0.2) is 47.4 Å². The smallest absolute Gasteiger partial charge is 0.238 e. The van der Waals surface area contributed by atoms with E-state index in [9.17, 15) is 8.42 Å². The maximum absolute atomic E-state index is 11.3. The Labute approximate surface area is 116 Å². The topological polar surface area (TPSA) is 122 Å². The Kier molecular flexibility index (Phi) is 3.61. The Balaban J connectivity index is 2.34. The first-order valence-corrected chi connectivity index (χ1v) is 7.14. The fourth-order valence-corrected chi connectivity index (χ4v) is 2.24. The molecular weight excluding hydrogens is 276 g/mol. The van der Waals surface area contributed by atoms with Gasteiger partial charge in [-0.3, -0.25) is 0 Å². The fraction of sp³-hybridized carbons (Fsp3) is 0. The predicted molar refractivity (Wildman–Crippen MR) is 76.7 cm³/mol. The molecule has 0 aromatic heterocycles. The lowest BCUT2D eigenvalue weighted by molar-refractivity contribution is 0.598. The molecule has 0 atom stereocenters. The van der Waals surface area contributed by atoms with Crippen LogP contribution in [0.4, 0.5) is 17.1 Å². The van der Waals surface area contributed by atoms with Crippen molar-refractivity contribution in [2.45, 2.75) is 4.90 Å². The molecule has 5 N–H and O–H groups in total. The van der Waals surface area contributed by atoms with Gasteiger partial charge in [0.1, 0.15) is 0 Å². The Bertz CT molecular complexity index is 777. The summed E-state index contributed by atoms with van der Waals surface area (Å²) in [5, 5.41) is 16.8. The van der Waals surface area contributed by atoms with Crippen LogP contribution in [0.1, 0.15) is 5.56 Å². The number of hydrogen-bond donors (Lipinski definition) is 3. The summed E-state index contributed by atoms with van der Waals surface area (Å²) in [6.45, 7) is 0. The second-order valence-electron chi connectivity index (χ2n) is 4.15. The van der Waals surface area contributed by atoms with Crippen molar-refractivity contribution in [2.75, 3.05) is 11.1 Å². The van der Waals surface area contributed by atoms with Gasteiger partial charge in [-0.05, 0) is 42.5 Å². The molecule has 0 unspecified atom stereocenters. The van der Waals surface area contributed by atoms with Gasteiger partial charge < -0.3 is 11.1 Å². The normalized spacial score (nSPS) is 10.8. The largest absolute Gasteiger partial charge is 0.399 e. The molecule has 0 saturated heterocycles. The minimum Gasteiger partial charge on any atom is -0.399 e. The van der Waals surface area contributed by atoms with Crippen molar-refractivity contribution in [3.8, 4) is 6.07 Å². The molecule has 0 radical (unpaired) electrons. The summed E-state index contributed by atoms with van der Waals surface area (Å²) in [4.78, 5) is -0.0614. The number of nitrogens with two attached hydrogens (primary N) is 2. The summed E-state index contributed by atoms with van der Waals surface area (Å²) < 4.78 is 22.7. The van der Waals surface area contributed by atoms with Crippen molar-refractivity contribution in [1.82, 2.24) is 0 Å². The number of anilines is 3. The highest BCUT2D eigenvalue weighted by Gasteiger charge is 2.10. The molecule has 102 valence electrons. The van der Waals surface area contributed by atoms with Gasteiger partial charge in [0.15, 0.2) is 0 Å². The quantitative estimate of drug-likeness (QED) is 0.739. The molecule has 0 fully saturated rings. The Morgan fingerprint density at radius 1 is 1.05 bits per heavy atom. The number of nitrogen functional groups attached to an aromatic ring is 1. The first-order valence-electron chi connectivity index (χ1n) is 5.59. The zero-order valence-corrected chi connectivity index (χ0v) is 11.2. The van der Waals surface area contributed by atoms with E-state index in [2.05, 4.69) is 5.32 Å². The molecule has 0 bridgehead atoms. The molecule has 2 aromatic carbocycles. The van der Waals surface area contributed by atoms with Gasteiger partial charge in [0, 0.05) is 17.1 Å². The van der Waals surface area contributed by atoms with E-state index < -0.39 is 10.0 Å². The Morgan fingerprint density at radius 2 is 1.70 bits per heavy atom. The minimum atomic E-state index is -3.81. The van der Waals surface area contributed by atoms with E-state index in [4.69, 9.17) is 16.1 Å². The van der Waals surface area contributed by atoms with Crippen LogP contribution < -0.4 is 16.2 Å². The third kappa shape index (κ3) is 3.26. The van der Waals surface area contributed by atoms with Gasteiger partial charge in [-0.15, -0.1) is 0 Å². The highest BCUT2D eigenvalue weighted by molar-refractivity contribution is 7.89. The van der Waals surface area contributed by atoms with Crippen molar-refractivity contribution >= 4 is 27.1 Å². The maximum atomic E-state index is 11.3. The van der Waals surface area contributed by atoms with Crippen LogP contribution in [-0.4, -0.2) is 8.42 Å². The average molecular weight is 288 g/mol. The summed E-state index contributed by atoms with van der Waals surface area (Å²) in [5.41, 5.74) is 7.68. The third-order valence-electron chi connectivity index (χ3n) is 2.56. The zero-order valence-electron chi connectivity index (χ0n) is 10.4. The Hall–Kier alpha value is -2.56. The van der Waals surface area contributed by atoms with Crippen LogP contribution in [0.2, 0.25) is 0 Å². The standard InChI is InChI=1S/C13H12N4O2S/c14-8-9-1-3-11(4-2-9)17-12-5-10(15)6-13(7-12)20(16,18)19/h1-7,17H,15H2,(H2,16,18,19). The highest BCUT2D eigenvalue weighted by atomic mass is 32.2. The number of nitriles is 1. The predicted octanol–water partition coefficient (Wildman–Crippen LogP) is 1.53.